The van der Waals surface area contributed by atoms with Crippen LogP contribution in [0.5, 0.6) is 0 Å². The van der Waals surface area contributed by atoms with Gasteiger partial charge in [-0.05, 0) is 42.8 Å². The first-order valence-electron chi connectivity index (χ1n) is 7.28. The van der Waals surface area contributed by atoms with E-state index in [0.717, 1.165) is 27.2 Å². The molecule has 6 heteroatoms. The van der Waals surface area contributed by atoms with E-state index in [1.54, 1.807) is 29.0 Å². The van der Waals surface area contributed by atoms with Crippen molar-refractivity contribution in [1.82, 2.24) is 4.57 Å². The van der Waals surface area contributed by atoms with E-state index in [4.69, 9.17) is 11.6 Å². The number of carbonyl (C=O) groups is 2. The van der Waals surface area contributed by atoms with Gasteiger partial charge in [0.2, 0.25) is 5.91 Å². The first-order chi connectivity index (χ1) is 11.5. The fourth-order valence-electron chi connectivity index (χ4n) is 2.61. The Kier molecular flexibility index (Phi) is 4.73. The standard InChI is InChI=1S/C18H14BrClN2O2/c1-11-15(20)3-2-4-16(11)21-18(24)9-22-8-12(10-23)14-7-13(19)5-6-17(14)22/h2-8,10H,9H2,1H3,(H,21,24). The van der Waals surface area contributed by atoms with E-state index in [9.17, 15) is 9.59 Å². The smallest absolute Gasteiger partial charge is 0.244 e. The van der Waals surface area contributed by atoms with Crippen LogP contribution in [0.1, 0.15) is 15.9 Å². The number of fused-ring (bicyclic) bond motifs is 1. The van der Waals surface area contributed by atoms with Crippen LogP contribution in [0.15, 0.2) is 47.1 Å². The van der Waals surface area contributed by atoms with E-state index in [2.05, 4.69) is 21.2 Å². The van der Waals surface area contributed by atoms with Crippen LogP contribution in [-0.2, 0) is 11.3 Å². The highest BCUT2D eigenvalue weighted by molar-refractivity contribution is 9.10. The van der Waals surface area contributed by atoms with E-state index in [1.165, 1.54) is 0 Å². The summed E-state index contributed by atoms with van der Waals surface area (Å²) >= 11 is 9.47. The van der Waals surface area contributed by atoms with Crippen molar-refractivity contribution in [2.75, 3.05) is 5.32 Å². The van der Waals surface area contributed by atoms with Gasteiger partial charge in [0, 0.05) is 37.8 Å². The van der Waals surface area contributed by atoms with Gasteiger partial charge in [-0.25, -0.2) is 0 Å². The van der Waals surface area contributed by atoms with Gasteiger partial charge < -0.3 is 9.88 Å². The molecule has 0 bridgehead atoms. The van der Waals surface area contributed by atoms with E-state index in [1.807, 2.05) is 25.1 Å². The molecule has 0 spiro atoms. The minimum absolute atomic E-state index is 0.109. The Balaban J connectivity index is 1.88. The lowest BCUT2D eigenvalue weighted by Crippen LogP contribution is -2.18. The fourth-order valence-corrected chi connectivity index (χ4v) is 3.14. The van der Waals surface area contributed by atoms with Crippen LogP contribution in [0.2, 0.25) is 5.02 Å². The molecule has 1 heterocycles. The number of amides is 1. The molecule has 0 saturated heterocycles. The zero-order chi connectivity index (χ0) is 17.3. The van der Waals surface area contributed by atoms with Crippen molar-refractivity contribution in [1.29, 1.82) is 0 Å². The van der Waals surface area contributed by atoms with Crippen LogP contribution >= 0.6 is 27.5 Å². The van der Waals surface area contributed by atoms with Crippen molar-refractivity contribution >= 4 is 56.3 Å². The molecular formula is C18H14BrClN2O2. The summed E-state index contributed by atoms with van der Waals surface area (Å²) in [4.78, 5) is 23.6. The van der Waals surface area contributed by atoms with Crippen molar-refractivity contribution in [3.05, 3.63) is 63.2 Å². The molecule has 0 aliphatic carbocycles. The largest absolute Gasteiger partial charge is 0.337 e. The number of halogens is 2. The number of nitrogens with zero attached hydrogens (tertiary/aromatic N) is 1. The van der Waals surface area contributed by atoms with E-state index in [0.29, 0.717) is 16.3 Å². The molecule has 24 heavy (non-hydrogen) atoms. The van der Waals surface area contributed by atoms with Crippen molar-refractivity contribution in [3.8, 4) is 0 Å². The second kappa shape index (κ2) is 6.79. The van der Waals surface area contributed by atoms with E-state index in [-0.39, 0.29) is 12.5 Å². The number of hydrogen-bond donors (Lipinski definition) is 1. The van der Waals surface area contributed by atoms with Crippen molar-refractivity contribution in [3.63, 3.8) is 0 Å². The molecule has 3 rings (SSSR count). The van der Waals surface area contributed by atoms with Crippen molar-refractivity contribution in [2.45, 2.75) is 13.5 Å². The van der Waals surface area contributed by atoms with Gasteiger partial charge in [-0.1, -0.05) is 33.6 Å². The molecule has 2 aromatic carbocycles. The maximum absolute atomic E-state index is 12.4. The molecule has 0 fully saturated rings. The maximum Gasteiger partial charge on any atom is 0.244 e. The van der Waals surface area contributed by atoms with Gasteiger partial charge in [-0.2, -0.15) is 0 Å². The summed E-state index contributed by atoms with van der Waals surface area (Å²) in [5.74, 6) is -0.183. The van der Waals surface area contributed by atoms with Gasteiger partial charge in [-0.15, -0.1) is 0 Å². The molecule has 3 aromatic rings. The number of hydrogen-bond acceptors (Lipinski definition) is 2. The third-order valence-electron chi connectivity index (χ3n) is 3.86. The van der Waals surface area contributed by atoms with Gasteiger partial charge in [-0.3, -0.25) is 9.59 Å². The highest BCUT2D eigenvalue weighted by Crippen LogP contribution is 2.25. The minimum Gasteiger partial charge on any atom is -0.337 e. The van der Waals surface area contributed by atoms with Crippen LogP contribution in [-0.4, -0.2) is 16.8 Å². The average molecular weight is 406 g/mol. The second-order valence-electron chi connectivity index (χ2n) is 5.45. The van der Waals surface area contributed by atoms with Crippen LogP contribution in [0, 0.1) is 6.92 Å². The molecule has 122 valence electrons. The summed E-state index contributed by atoms with van der Waals surface area (Å²) < 4.78 is 2.65. The van der Waals surface area contributed by atoms with E-state index < -0.39 is 0 Å². The van der Waals surface area contributed by atoms with Crippen LogP contribution < -0.4 is 5.32 Å². The SMILES string of the molecule is Cc1c(Cl)cccc1NC(=O)Cn1cc(C=O)c2cc(Br)ccc21. The molecule has 1 N–H and O–H groups in total. The van der Waals surface area contributed by atoms with Gasteiger partial charge in [0.25, 0.3) is 0 Å². The predicted molar refractivity (Wildman–Crippen MR) is 99.8 cm³/mol. The average Bonchev–Trinajstić information content (AvgIpc) is 2.88. The lowest BCUT2D eigenvalue weighted by Gasteiger charge is -2.10. The summed E-state index contributed by atoms with van der Waals surface area (Å²) in [5, 5.41) is 4.28. The van der Waals surface area contributed by atoms with Gasteiger partial charge in [0.1, 0.15) is 6.54 Å². The molecule has 0 saturated carbocycles. The molecule has 4 nitrogen and oxygen atoms in total. The van der Waals surface area contributed by atoms with Crippen LogP contribution in [0.4, 0.5) is 5.69 Å². The number of aldehydes is 1. The lowest BCUT2D eigenvalue weighted by molar-refractivity contribution is -0.116. The van der Waals surface area contributed by atoms with Gasteiger partial charge in [0.15, 0.2) is 6.29 Å². The molecule has 0 unspecified atom stereocenters. The third kappa shape index (κ3) is 3.23. The summed E-state index contributed by atoms with van der Waals surface area (Å²) in [6.45, 7) is 1.96. The molecule has 1 aromatic heterocycles. The topological polar surface area (TPSA) is 51.1 Å². The monoisotopic (exact) mass is 404 g/mol. The Hall–Kier alpha value is -2.11. The fraction of sp³-hybridized carbons (Fsp3) is 0.111. The highest BCUT2D eigenvalue weighted by Gasteiger charge is 2.12. The quantitative estimate of drug-likeness (QED) is 0.633. The summed E-state index contributed by atoms with van der Waals surface area (Å²) in [6.07, 6.45) is 2.48. The van der Waals surface area contributed by atoms with Gasteiger partial charge >= 0.3 is 0 Å². The van der Waals surface area contributed by atoms with Gasteiger partial charge in [0.05, 0.1) is 0 Å². The number of rotatable bonds is 4. The first-order valence-corrected chi connectivity index (χ1v) is 8.45. The second-order valence-corrected chi connectivity index (χ2v) is 6.78. The minimum atomic E-state index is -0.183. The zero-order valence-corrected chi connectivity index (χ0v) is 15.2. The number of nitrogens with one attached hydrogen (secondary N) is 1. The first kappa shape index (κ1) is 16.7. The molecule has 1 amide bonds. The van der Waals surface area contributed by atoms with Crippen LogP contribution in [0.25, 0.3) is 10.9 Å². The molecule has 0 aliphatic rings. The van der Waals surface area contributed by atoms with Crippen molar-refractivity contribution < 1.29 is 9.59 Å². The number of benzene rings is 2. The summed E-state index contributed by atoms with van der Waals surface area (Å²) in [5.41, 5.74) is 2.89. The predicted octanol–water partition coefficient (Wildman–Crippen LogP) is 4.82. The number of carbonyl (C=O) groups excluding carboxylic acids is 2. The summed E-state index contributed by atoms with van der Waals surface area (Å²) in [7, 11) is 0. The molecule has 0 radical (unpaired) electrons. The normalized spacial score (nSPS) is 10.8. The Morgan fingerprint density at radius 3 is 2.88 bits per heavy atom. The number of aromatic nitrogens is 1. The maximum atomic E-state index is 12.4. The molecular weight excluding hydrogens is 392 g/mol. The number of anilines is 1. The Morgan fingerprint density at radius 2 is 2.12 bits per heavy atom. The lowest BCUT2D eigenvalue weighted by atomic mass is 10.2. The van der Waals surface area contributed by atoms with Crippen LogP contribution in [0.3, 0.4) is 0 Å². The molecule has 0 atom stereocenters. The molecule has 0 aliphatic heterocycles. The third-order valence-corrected chi connectivity index (χ3v) is 4.76. The summed E-state index contributed by atoms with van der Waals surface area (Å²) in [6, 6.07) is 11.0. The Labute approximate surface area is 152 Å². The highest BCUT2D eigenvalue weighted by atomic mass is 79.9. The van der Waals surface area contributed by atoms with E-state index >= 15 is 0 Å². The zero-order valence-electron chi connectivity index (χ0n) is 12.8. The Bertz CT molecular complexity index is 950. The Morgan fingerprint density at radius 1 is 1.33 bits per heavy atom. The van der Waals surface area contributed by atoms with Crippen molar-refractivity contribution in [2.24, 2.45) is 0 Å².